The van der Waals surface area contributed by atoms with Gasteiger partial charge in [0.2, 0.25) is 0 Å². The van der Waals surface area contributed by atoms with Gasteiger partial charge < -0.3 is 0 Å². The van der Waals surface area contributed by atoms with E-state index in [-0.39, 0.29) is 0 Å². The number of rotatable bonds is 2. The molecule has 1 nitrogen and oxygen atoms in total. The fraction of sp³-hybridized carbons (Fsp3) is 0. The number of nitrogens with zero attached hydrogens (tertiary/aromatic N) is 1. The Morgan fingerprint density at radius 3 is 2.39 bits per heavy atom. The zero-order valence-corrected chi connectivity index (χ0v) is 17.2. The van der Waals surface area contributed by atoms with Crippen LogP contribution in [0.25, 0.3) is 44.1 Å². The molecule has 0 aliphatic rings. The molecule has 3 heteroatoms. The van der Waals surface area contributed by atoms with E-state index in [1.54, 1.807) is 0 Å². The fourth-order valence-electron chi connectivity index (χ4n) is 3.69. The predicted molar refractivity (Wildman–Crippen MR) is 123 cm³/mol. The largest absolute Gasteiger partial charge is 0.248 e. The lowest BCUT2D eigenvalue weighted by Gasteiger charge is -2.13. The van der Waals surface area contributed by atoms with Crippen molar-refractivity contribution in [1.29, 1.82) is 0 Å². The molecule has 0 fully saturated rings. The van der Waals surface area contributed by atoms with Crippen LogP contribution in [0.4, 0.5) is 0 Å². The predicted octanol–water partition coefficient (Wildman–Crippen LogP) is 8.14. The Kier molecular flexibility index (Phi) is 4.38. The van der Waals surface area contributed by atoms with Gasteiger partial charge in [0.25, 0.3) is 0 Å². The monoisotopic (exact) mass is 443 g/mol. The van der Waals surface area contributed by atoms with Crippen molar-refractivity contribution in [1.82, 2.24) is 4.98 Å². The van der Waals surface area contributed by atoms with Crippen molar-refractivity contribution in [2.45, 2.75) is 0 Å². The number of aromatic nitrogens is 1. The van der Waals surface area contributed by atoms with Gasteiger partial charge in [-0.3, -0.25) is 0 Å². The Morgan fingerprint density at radius 1 is 0.714 bits per heavy atom. The molecule has 5 rings (SSSR count). The van der Waals surface area contributed by atoms with Crippen molar-refractivity contribution in [3.05, 3.63) is 100 Å². The summed E-state index contributed by atoms with van der Waals surface area (Å²) in [6.45, 7) is 0. The first-order chi connectivity index (χ1) is 13.7. The molecule has 1 aromatic heterocycles. The molecule has 1 heterocycles. The molecule has 0 bridgehead atoms. The minimum absolute atomic E-state index is 0.728. The molecule has 0 radical (unpaired) electrons. The van der Waals surface area contributed by atoms with Gasteiger partial charge in [0.1, 0.15) is 0 Å². The van der Waals surface area contributed by atoms with Gasteiger partial charge in [0.05, 0.1) is 11.2 Å². The van der Waals surface area contributed by atoms with Crippen molar-refractivity contribution in [3.63, 3.8) is 0 Å². The summed E-state index contributed by atoms with van der Waals surface area (Å²) < 4.78 is 1.04. The number of hydrogen-bond donors (Lipinski definition) is 0. The molecule has 0 aliphatic heterocycles. The molecule has 0 saturated carbocycles. The van der Waals surface area contributed by atoms with E-state index in [2.05, 4.69) is 76.6 Å². The molecule has 0 spiro atoms. The molecular weight excluding hydrogens is 430 g/mol. The van der Waals surface area contributed by atoms with Gasteiger partial charge in [0, 0.05) is 20.4 Å². The molecule has 0 saturated heterocycles. The second kappa shape index (κ2) is 7.05. The Morgan fingerprint density at radius 2 is 1.54 bits per heavy atom. The molecule has 134 valence electrons. The standard InChI is InChI=1S/C25H15BrClN/c26-19-8-3-7-18(13-19)24-15-22(17-6-4-9-20(27)14-17)25-21-10-2-1-5-16(21)11-12-23(25)28-24/h1-15H. The maximum atomic E-state index is 6.32. The lowest BCUT2D eigenvalue weighted by Crippen LogP contribution is -1.91. The maximum absolute atomic E-state index is 6.32. The van der Waals surface area contributed by atoms with E-state index in [0.29, 0.717) is 0 Å². The van der Waals surface area contributed by atoms with Gasteiger partial charge in [0.15, 0.2) is 0 Å². The third-order valence-corrected chi connectivity index (χ3v) is 5.68. The van der Waals surface area contributed by atoms with Gasteiger partial charge in [-0.05, 0) is 58.3 Å². The highest BCUT2D eigenvalue weighted by atomic mass is 79.9. The smallest absolute Gasteiger partial charge is 0.0722 e. The second-order valence-corrected chi connectivity index (χ2v) is 8.11. The van der Waals surface area contributed by atoms with Crippen LogP contribution in [-0.4, -0.2) is 4.98 Å². The second-order valence-electron chi connectivity index (χ2n) is 6.76. The van der Waals surface area contributed by atoms with E-state index < -0.39 is 0 Å². The SMILES string of the molecule is Clc1cccc(-c2cc(-c3cccc(Br)c3)nc3ccc4ccccc4c23)c1. The average molecular weight is 445 g/mol. The zero-order valence-electron chi connectivity index (χ0n) is 14.9. The first-order valence-electron chi connectivity index (χ1n) is 9.03. The molecule has 0 unspecified atom stereocenters. The van der Waals surface area contributed by atoms with E-state index in [9.17, 15) is 0 Å². The summed E-state index contributed by atoms with van der Waals surface area (Å²) in [5.41, 5.74) is 5.23. The summed E-state index contributed by atoms with van der Waals surface area (Å²) in [4.78, 5) is 4.99. The molecule has 5 aromatic rings. The number of fused-ring (bicyclic) bond motifs is 3. The van der Waals surface area contributed by atoms with Crippen LogP contribution >= 0.6 is 27.5 Å². The molecular formula is C25H15BrClN. The van der Waals surface area contributed by atoms with Crippen LogP contribution in [0.5, 0.6) is 0 Å². The molecule has 0 aliphatic carbocycles. The first-order valence-corrected chi connectivity index (χ1v) is 10.2. The highest BCUT2D eigenvalue weighted by Gasteiger charge is 2.13. The van der Waals surface area contributed by atoms with Crippen LogP contribution in [0.3, 0.4) is 0 Å². The lowest BCUT2D eigenvalue weighted by molar-refractivity contribution is 1.40. The zero-order chi connectivity index (χ0) is 19.1. The van der Waals surface area contributed by atoms with Crippen LogP contribution in [-0.2, 0) is 0 Å². The number of pyridine rings is 1. The summed E-state index contributed by atoms with van der Waals surface area (Å²) in [6, 6.07) is 31.1. The van der Waals surface area contributed by atoms with Gasteiger partial charge in [-0.1, -0.05) is 82.1 Å². The summed E-state index contributed by atoms with van der Waals surface area (Å²) in [5, 5.41) is 4.28. The van der Waals surface area contributed by atoms with Gasteiger partial charge >= 0.3 is 0 Å². The summed E-state index contributed by atoms with van der Waals surface area (Å²) >= 11 is 9.89. The normalized spacial score (nSPS) is 11.2. The Hall–Kier alpha value is -2.68. The first kappa shape index (κ1) is 17.4. The van der Waals surface area contributed by atoms with Crippen LogP contribution in [0.2, 0.25) is 5.02 Å². The third kappa shape index (κ3) is 3.09. The van der Waals surface area contributed by atoms with Gasteiger partial charge in [-0.15, -0.1) is 0 Å². The van der Waals surface area contributed by atoms with Crippen LogP contribution in [0.1, 0.15) is 0 Å². The van der Waals surface area contributed by atoms with Crippen LogP contribution in [0.15, 0.2) is 95.5 Å². The topological polar surface area (TPSA) is 12.9 Å². The Bertz CT molecular complexity index is 1340. The highest BCUT2D eigenvalue weighted by molar-refractivity contribution is 9.10. The van der Waals surface area contributed by atoms with Crippen molar-refractivity contribution in [2.24, 2.45) is 0 Å². The summed E-state index contributed by atoms with van der Waals surface area (Å²) in [7, 11) is 0. The summed E-state index contributed by atoms with van der Waals surface area (Å²) in [5.74, 6) is 0. The molecule has 4 aromatic carbocycles. The average Bonchev–Trinajstić information content (AvgIpc) is 2.73. The third-order valence-electron chi connectivity index (χ3n) is 4.95. The Labute approximate surface area is 176 Å². The van der Waals surface area contributed by atoms with E-state index in [1.807, 2.05) is 30.3 Å². The van der Waals surface area contributed by atoms with Crippen molar-refractivity contribution >= 4 is 49.2 Å². The highest BCUT2D eigenvalue weighted by Crippen LogP contribution is 2.37. The van der Waals surface area contributed by atoms with Crippen LogP contribution < -0.4 is 0 Å². The van der Waals surface area contributed by atoms with Crippen LogP contribution in [0, 0.1) is 0 Å². The van der Waals surface area contributed by atoms with Crippen molar-refractivity contribution in [3.8, 4) is 22.4 Å². The minimum Gasteiger partial charge on any atom is -0.248 e. The fourth-order valence-corrected chi connectivity index (χ4v) is 4.28. The summed E-state index contributed by atoms with van der Waals surface area (Å²) in [6.07, 6.45) is 0. The van der Waals surface area contributed by atoms with Crippen molar-refractivity contribution in [2.75, 3.05) is 0 Å². The van der Waals surface area contributed by atoms with Gasteiger partial charge in [-0.2, -0.15) is 0 Å². The number of benzene rings is 4. The quantitative estimate of drug-likeness (QED) is 0.250. The van der Waals surface area contributed by atoms with Gasteiger partial charge in [-0.25, -0.2) is 4.98 Å². The minimum atomic E-state index is 0.728. The van der Waals surface area contributed by atoms with Crippen molar-refractivity contribution < 1.29 is 0 Å². The molecule has 0 atom stereocenters. The molecule has 28 heavy (non-hydrogen) atoms. The molecule has 0 amide bonds. The lowest BCUT2D eigenvalue weighted by atomic mass is 9.94. The number of hydrogen-bond acceptors (Lipinski definition) is 1. The van der Waals surface area contributed by atoms with E-state index in [0.717, 1.165) is 42.8 Å². The van der Waals surface area contributed by atoms with E-state index >= 15 is 0 Å². The van der Waals surface area contributed by atoms with E-state index in [4.69, 9.17) is 16.6 Å². The molecule has 0 N–H and O–H groups in total. The Balaban J connectivity index is 1.90. The maximum Gasteiger partial charge on any atom is 0.0722 e. The number of halogens is 2. The van der Waals surface area contributed by atoms with E-state index in [1.165, 1.54) is 10.8 Å².